The molecule has 3 nitrogen and oxygen atoms in total. The largest absolute Gasteiger partial charge is 0.352 e. The molecule has 0 N–H and O–H groups in total. The summed E-state index contributed by atoms with van der Waals surface area (Å²) in [5.41, 5.74) is 0. The van der Waals surface area contributed by atoms with E-state index in [9.17, 15) is 0 Å². The molecule has 0 unspecified atom stereocenters. The van der Waals surface area contributed by atoms with E-state index in [1.54, 1.807) is 0 Å². The molecule has 1 saturated carbocycles. The van der Waals surface area contributed by atoms with Crippen molar-refractivity contribution in [2.24, 2.45) is 5.92 Å². The van der Waals surface area contributed by atoms with E-state index in [0.29, 0.717) is 0 Å². The maximum atomic E-state index is 5.55. The fraction of sp³-hybridized carbons (Fsp3) is 1.00. The van der Waals surface area contributed by atoms with Crippen LogP contribution in [0.25, 0.3) is 0 Å². The van der Waals surface area contributed by atoms with Crippen molar-refractivity contribution >= 4 is 0 Å². The van der Waals surface area contributed by atoms with Crippen LogP contribution < -0.4 is 0 Å². The lowest BCUT2D eigenvalue weighted by Gasteiger charge is -2.26. The van der Waals surface area contributed by atoms with E-state index >= 15 is 0 Å². The first-order valence-electron chi connectivity index (χ1n) is 6.25. The van der Waals surface area contributed by atoms with E-state index in [-0.39, 0.29) is 6.29 Å². The van der Waals surface area contributed by atoms with Crippen molar-refractivity contribution in [1.82, 2.24) is 4.90 Å². The topological polar surface area (TPSA) is 21.7 Å². The van der Waals surface area contributed by atoms with Crippen LogP contribution in [0, 0.1) is 5.92 Å². The second kappa shape index (κ2) is 7.20. The van der Waals surface area contributed by atoms with Crippen LogP contribution in [0.15, 0.2) is 0 Å². The molecule has 1 aliphatic carbocycles. The molecule has 0 aliphatic heterocycles. The molecule has 0 spiro atoms. The van der Waals surface area contributed by atoms with E-state index in [1.807, 2.05) is 13.8 Å². The van der Waals surface area contributed by atoms with E-state index in [2.05, 4.69) is 11.8 Å². The number of ether oxygens (including phenoxy) is 2. The number of hydrogen-bond acceptors (Lipinski definition) is 3. The third-order valence-corrected chi connectivity index (χ3v) is 2.77. The molecule has 1 aliphatic rings. The zero-order valence-electron chi connectivity index (χ0n) is 10.4. The Labute approximate surface area is 93.7 Å². The lowest BCUT2D eigenvalue weighted by molar-refractivity contribution is -0.147. The van der Waals surface area contributed by atoms with Gasteiger partial charge in [0.15, 0.2) is 6.29 Å². The highest BCUT2D eigenvalue weighted by atomic mass is 16.7. The van der Waals surface area contributed by atoms with Gasteiger partial charge in [-0.1, -0.05) is 6.92 Å². The van der Waals surface area contributed by atoms with Crippen molar-refractivity contribution in [3.8, 4) is 0 Å². The molecule has 15 heavy (non-hydrogen) atoms. The highest BCUT2D eigenvalue weighted by molar-refractivity contribution is 4.77. The molecule has 3 heteroatoms. The summed E-state index contributed by atoms with van der Waals surface area (Å²) in [6.45, 7) is 10.9. The summed E-state index contributed by atoms with van der Waals surface area (Å²) >= 11 is 0. The molecule has 0 bridgehead atoms. The molecule has 0 aromatic carbocycles. The van der Waals surface area contributed by atoms with Crippen LogP contribution >= 0.6 is 0 Å². The van der Waals surface area contributed by atoms with Crippen molar-refractivity contribution in [2.75, 3.05) is 32.8 Å². The Kier molecular flexibility index (Phi) is 6.22. The Bertz CT molecular complexity index is 154. The van der Waals surface area contributed by atoms with Gasteiger partial charge in [0.1, 0.15) is 0 Å². The van der Waals surface area contributed by atoms with Crippen LogP contribution in [0.1, 0.15) is 33.6 Å². The van der Waals surface area contributed by atoms with Gasteiger partial charge in [-0.25, -0.2) is 0 Å². The summed E-state index contributed by atoms with van der Waals surface area (Å²) in [6.07, 6.45) is 2.77. The predicted molar refractivity (Wildman–Crippen MR) is 61.9 cm³/mol. The molecule has 0 heterocycles. The molecule has 0 saturated heterocycles. The van der Waals surface area contributed by atoms with Gasteiger partial charge in [0.2, 0.25) is 0 Å². The van der Waals surface area contributed by atoms with Gasteiger partial charge in [-0.3, -0.25) is 4.90 Å². The SMILES string of the molecule is CCOC(CN(CC)CC1CC1)OCC. The summed E-state index contributed by atoms with van der Waals surface area (Å²) in [7, 11) is 0. The summed E-state index contributed by atoms with van der Waals surface area (Å²) in [5, 5.41) is 0. The minimum Gasteiger partial charge on any atom is -0.352 e. The summed E-state index contributed by atoms with van der Waals surface area (Å²) < 4.78 is 11.1. The zero-order chi connectivity index (χ0) is 11.1. The van der Waals surface area contributed by atoms with Crippen LogP contribution in [0.4, 0.5) is 0 Å². The maximum Gasteiger partial charge on any atom is 0.170 e. The molecule has 0 amide bonds. The van der Waals surface area contributed by atoms with Crippen molar-refractivity contribution in [1.29, 1.82) is 0 Å². The fourth-order valence-corrected chi connectivity index (χ4v) is 1.73. The third kappa shape index (κ3) is 5.50. The van der Waals surface area contributed by atoms with Gasteiger partial charge in [0.25, 0.3) is 0 Å². The van der Waals surface area contributed by atoms with Gasteiger partial charge in [0, 0.05) is 26.3 Å². The van der Waals surface area contributed by atoms with Crippen LogP contribution in [-0.4, -0.2) is 44.0 Å². The minimum absolute atomic E-state index is 0.0429. The van der Waals surface area contributed by atoms with Gasteiger partial charge < -0.3 is 9.47 Å². The molecule has 0 aromatic rings. The van der Waals surface area contributed by atoms with Crippen LogP contribution in [0.3, 0.4) is 0 Å². The average Bonchev–Trinajstić information content (AvgIpc) is 3.01. The first kappa shape index (κ1) is 12.9. The van der Waals surface area contributed by atoms with Crippen LogP contribution in [-0.2, 0) is 9.47 Å². The first-order valence-corrected chi connectivity index (χ1v) is 6.25. The van der Waals surface area contributed by atoms with Crippen molar-refractivity contribution in [3.63, 3.8) is 0 Å². The first-order chi connectivity index (χ1) is 7.30. The molecule has 0 aromatic heterocycles. The Balaban J connectivity index is 2.24. The van der Waals surface area contributed by atoms with Crippen LogP contribution in [0.2, 0.25) is 0 Å². The predicted octanol–water partition coefficient (Wildman–Crippen LogP) is 2.12. The molecule has 0 radical (unpaired) electrons. The third-order valence-electron chi connectivity index (χ3n) is 2.77. The number of likely N-dealkylation sites (N-methyl/N-ethyl adjacent to an activating group) is 1. The zero-order valence-corrected chi connectivity index (χ0v) is 10.4. The van der Waals surface area contributed by atoms with Gasteiger partial charge in [0.05, 0.1) is 0 Å². The molecule has 90 valence electrons. The van der Waals surface area contributed by atoms with Crippen LogP contribution in [0.5, 0.6) is 0 Å². The summed E-state index contributed by atoms with van der Waals surface area (Å²) in [6, 6.07) is 0. The number of hydrogen-bond donors (Lipinski definition) is 0. The van der Waals surface area contributed by atoms with Crippen molar-refractivity contribution in [2.45, 2.75) is 39.9 Å². The Morgan fingerprint density at radius 3 is 2.13 bits per heavy atom. The van der Waals surface area contributed by atoms with E-state index in [4.69, 9.17) is 9.47 Å². The second-order valence-electron chi connectivity index (χ2n) is 4.14. The smallest absolute Gasteiger partial charge is 0.170 e. The highest BCUT2D eigenvalue weighted by Crippen LogP contribution is 2.29. The van der Waals surface area contributed by atoms with Crippen molar-refractivity contribution < 1.29 is 9.47 Å². The Hall–Kier alpha value is -0.120. The molecule has 1 rings (SSSR count). The van der Waals surface area contributed by atoms with E-state index in [0.717, 1.165) is 32.2 Å². The standard InChI is InChI=1S/C12H25NO2/c1-4-13(9-11-7-8-11)10-12(14-5-2)15-6-3/h11-12H,4-10H2,1-3H3. The second-order valence-corrected chi connectivity index (χ2v) is 4.14. The van der Waals surface area contributed by atoms with Gasteiger partial charge in [-0.15, -0.1) is 0 Å². The monoisotopic (exact) mass is 215 g/mol. The fourth-order valence-electron chi connectivity index (χ4n) is 1.73. The normalized spacial score (nSPS) is 16.6. The highest BCUT2D eigenvalue weighted by Gasteiger charge is 2.25. The lowest BCUT2D eigenvalue weighted by Crippen LogP contribution is -2.36. The van der Waals surface area contributed by atoms with Gasteiger partial charge in [-0.2, -0.15) is 0 Å². The molecule has 0 atom stereocenters. The average molecular weight is 215 g/mol. The molecular formula is C12H25NO2. The lowest BCUT2D eigenvalue weighted by atomic mass is 10.3. The Morgan fingerprint density at radius 1 is 1.13 bits per heavy atom. The van der Waals surface area contributed by atoms with E-state index < -0.39 is 0 Å². The quantitative estimate of drug-likeness (QED) is 0.550. The maximum absolute atomic E-state index is 5.55. The minimum atomic E-state index is -0.0429. The van der Waals surface area contributed by atoms with Crippen molar-refractivity contribution in [3.05, 3.63) is 0 Å². The molecular weight excluding hydrogens is 190 g/mol. The molecule has 1 fully saturated rings. The van der Waals surface area contributed by atoms with Gasteiger partial charge in [-0.05, 0) is 39.2 Å². The van der Waals surface area contributed by atoms with E-state index in [1.165, 1.54) is 19.4 Å². The summed E-state index contributed by atoms with van der Waals surface area (Å²) in [4.78, 5) is 2.44. The number of rotatable bonds is 9. The number of nitrogens with zero attached hydrogens (tertiary/aromatic N) is 1. The summed E-state index contributed by atoms with van der Waals surface area (Å²) in [5.74, 6) is 0.939. The van der Waals surface area contributed by atoms with Gasteiger partial charge >= 0.3 is 0 Å². The Morgan fingerprint density at radius 2 is 1.73 bits per heavy atom.